The summed E-state index contributed by atoms with van der Waals surface area (Å²) in [5.74, 6) is 0.827. The number of carbonyl (C=O) groups is 1. The number of ether oxygens (including phenoxy) is 3. The number of hydrogen-bond donors (Lipinski definition) is 0. The fourth-order valence-electron chi connectivity index (χ4n) is 7.66. The lowest BCUT2D eigenvalue weighted by molar-refractivity contribution is 0.00333. The normalized spacial score (nSPS) is 25.6. The van der Waals surface area contributed by atoms with Crippen molar-refractivity contribution in [3.63, 3.8) is 0 Å². The van der Waals surface area contributed by atoms with Gasteiger partial charge in [0.25, 0.3) is 0 Å². The molecule has 10 heteroatoms. The first-order valence-electron chi connectivity index (χ1n) is 16.3. The Bertz CT molecular complexity index is 1370. The van der Waals surface area contributed by atoms with Crippen LogP contribution in [0.25, 0.3) is 0 Å². The van der Waals surface area contributed by atoms with Gasteiger partial charge in [-0.2, -0.15) is 9.97 Å². The summed E-state index contributed by atoms with van der Waals surface area (Å²) in [5, 5.41) is 0. The molecule has 3 heterocycles. The standard InChI is InChI=1S/C34H48FN5O4/c1-33(2,3)44-32(41)40-17-16-39(20-25(40)21-42-5)30-27-12-14-34(13-11-26-23(18-34)8-6-10-28(26)35)19-29(27)36-31(37-30)43-22-24-9-7-15-38(24)4/h6,8,10,24-25H,7,9,11-22H2,1-5H3/t24-,25+,34-/m0/s1. The van der Waals surface area contributed by atoms with Crippen molar-refractivity contribution >= 4 is 11.9 Å². The number of likely N-dealkylation sites (tertiary alicyclic amines) is 1. The molecule has 0 N–H and O–H groups in total. The predicted octanol–water partition coefficient (Wildman–Crippen LogP) is 4.82. The summed E-state index contributed by atoms with van der Waals surface area (Å²) in [6, 6.07) is 6.12. The van der Waals surface area contributed by atoms with Crippen molar-refractivity contribution in [3.8, 4) is 6.01 Å². The second-order valence-corrected chi connectivity index (χ2v) is 14.3. The lowest BCUT2D eigenvalue weighted by atomic mass is 9.63. The van der Waals surface area contributed by atoms with Crippen LogP contribution in [0.1, 0.15) is 68.8 Å². The number of amides is 1. The first-order chi connectivity index (χ1) is 21.0. The van der Waals surface area contributed by atoms with Gasteiger partial charge in [0.05, 0.1) is 18.3 Å². The van der Waals surface area contributed by atoms with Gasteiger partial charge >= 0.3 is 12.1 Å². The molecule has 0 saturated carbocycles. The summed E-state index contributed by atoms with van der Waals surface area (Å²) in [6.45, 7) is 9.43. The Morgan fingerprint density at radius 1 is 1.05 bits per heavy atom. The van der Waals surface area contributed by atoms with Crippen LogP contribution in [0.5, 0.6) is 6.01 Å². The summed E-state index contributed by atoms with van der Waals surface area (Å²) in [4.78, 5) is 29.6. The van der Waals surface area contributed by atoms with Crippen molar-refractivity contribution < 1.29 is 23.4 Å². The van der Waals surface area contributed by atoms with Gasteiger partial charge in [0, 0.05) is 38.3 Å². The lowest BCUT2D eigenvalue weighted by Gasteiger charge is -2.44. The van der Waals surface area contributed by atoms with E-state index in [1.807, 2.05) is 26.8 Å². The molecule has 2 aromatic rings. The quantitative estimate of drug-likeness (QED) is 0.461. The highest BCUT2D eigenvalue weighted by Crippen LogP contribution is 2.47. The molecule has 0 bridgehead atoms. The third kappa shape index (κ3) is 6.52. The van der Waals surface area contributed by atoms with Crippen LogP contribution in [0.2, 0.25) is 0 Å². The molecule has 4 aliphatic rings. The van der Waals surface area contributed by atoms with E-state index < -0.39 is 5.60 Å². The van der Waals surface area contributed by atoms with Crippen molar-refractivity contribution in [2.24, 2.45) is 5.41 Å². The maximum Gasteiger partial charge on any atom is 0.410 e. The molecular formula is C34H48FN5O4. The van der Waals surface area contributed by atoms with Crippen molar-refractivity contribution in [2.75, 3.05) is 58.5 Å². The third-order valence-corrected chi connectivity index (χ3v) is 10.0. The fraction of sp³-hybridized carbons (Fsp3) is 0.676. The molecule has 240 valence electrons. The second kappa shape index (κ2) is 12.4. The van der Waals surface area contributed by atoms with E-state index in [0.717, 1.165) is 74.1 Å². The molecular weight excluding hydrogens is 561 g/mol. The number of carbonyl (C=O) groups excluding carboxylic acids is 1. The van der Waals surface area contributed by atoms with Crippen molar-refractivity contribution in [2.45, 2.75) is 89.8 Å². The number of fused-ring (bicyclic) bond motifs is 2. The van der Waals surface area contributed by atoms with Crippen LogP contribution in [0, 0.1) is 11.2 Å². The monoisotopic (exact) mass is 609 g/mol. The minimum absolute atomic E-state index is 0.0519. The maximum atomic E-state index is 14.6. The summed E-state index contributed by atoms with van der Waals surface area (Å²) in [5.41, 5.74) is 3.72. The van der Waals surface area contributed by atoms with E-state index in [1.54, 1.807) is 18.1 Å². The minimum Gasteiger partial charge on any atom is -0.462 e. The van der Waals surface area contributed by atoms with E-state index in [4.69, 9.17) is 24.2 Å². The van der Waals surface area contributed by atoms with Gasteiger partial charge in [-0.15, -0.1) is 0 Å². The van der Waals surface area contributed by atoms with Crippen LogP contribution in [-0.2, 0) is 35.2 Å². The molecule has 2 aliphatic heterocycles. The van der Waals surface area contributed by atoms with Gasteiger partial charge in [-0.05, 0) is 108 Å². The SMILES string of the molecule is COC[C@H]1CN(c2nc(OC[C@@H]3CCCN3C)nc3c2CC[C@]2(CCc4c(F)cccc4C2)C3)CCN1C(=O)OC(C)(C)C. The molecule has 6 rings (SSSR count). The van der Waals surface area contributed by atoms with E-state index in [-0.39, 0.29) is 23.4 Å². The van der Waals surface area contributed by atoms with Gasteiger partial charge in [0.1, 0.15) is 23.8 Å². The van der Waals surface area contributed by atoms with Crippen LogP contribution < -0.4 is 9.64 Å². The van der Waals surface area contributed by atoms with Gasteiger partial charge in [0.2, 0.25) is 0 Å². The third-order valence-electron chi connectivity index (χ3n) is 10.0. The molecule has 3 atom stereocenters. The largest absolute Gasteiger partial charge is 0.462 e. The van der Waals surface area contributed by atoms with E-state index >= 15 is 0 Å². The molecule has 2 fully saturated rings. The van der Waals surface area contributed by atoms with Crippen molar-refractivity contribution in [3.05, 3.63) is 46.4 Å². The summed E-state index contributed by atoms with van der Waals surface area (Å²) in [6.07, 6.45) is 7.25. The number of methoxy groups -OCH3 is 1. The highest BCUT2D eigenvalue weighted by Gasteiger charge is 2.42. The van der Waals surface area contributed by atoms with Crippen molar-refractivity contribution in [1.29, 1.82) is 0 Å². The van der Waals surface area contributed by atoms with Gasteiger partial charge in [-0.3, -0.25) is 4.90 Å². The highest BCUT2D eigenvalue weighted by atomic mass is 19.1. The van der Waals surface area contributed by atoms with Crippen LogP contribution in [-0.4, -0.2) is 97.1 Å². The molecule has 1 amide bonds. The number of halogens is 1. The molecule has 1 spiro atoms. The molecule has 9 nitrogen and oxygen atoms in total. The van der Waals surface area contributed by atoms with Gasteiger partial charge in [-0.1, -0.05) is 12.1 Å². The number of likely N-dealkylation sites (N-methyl/N-ethyl adjacent to an activating group) is 1. The van der Waals surface area contributed by atoms with Crippen molar-refractivity contribution in [1.82, 2.24) is 19.8 Å². The Labute approximate surface area is 261 Å². The van der Waals surface area contributed by atoms with Gasteiger partial charge in [-0.25, -0.2) is 9.18 Å². The summed E-state index contributed by atoms with van der Waals surface area (Å²) in [7, 11) is 3.81. The average molecular weight is 610 g/mol. The lowest BCUT2D eigenvalue weighted by Crippen LogP contribution is -2.58. The van der Waals surface area contributed by atoms with Gasteiger partial charge in [0.15, 0.2) is 0 Å². The highest BCUT2D eigenvalue weighted by molar-refractivity contribution is 5.69. The van der Waals surface area contributed by atoms with Crippen LogP contribution in [0.4, 0.5) is 15.0 Å². The minimum atomic E-state index is -0.571. The van der Waals surface area contributed by atoms with Crippen LogP contribution in [0.15, 0.2) is 18.2 Å². The smallest absolute Gasteiger partial charge is 0.410 e. The van der Waals surface area contributed by atoms with E-state index in [9.17, 15) is 9.18 Å². The molecule has 44 heavy (non-hydrogen) atoms. The first kappa shape index (κ1) is 31.0. The second-order valence-electron chi connectivity index (χ2n) is 14.3. The first-order valence-corrected chi connectivity index (χ1v) is 16.3. The number of anilines is 1. The van der Waals surface area contributed by atoms with Crippen LogP contribution >= 0.6 is 0 Å². The van der Waals surface area contributed by atoms with Gasteiger partial charge < -0.3 is 24.0 Å². The number of rotatable bonds is 6. The zero-order valence-corrected chi connectivity index (χ0v) is 27.0. The zero-order valence-electron chi connectivity index (χ0n) is 27.0. The Morgan fingerprint density at radius 3 is 2.57 bits per heavy atom. The molecule has 0 unspecified atom stereocenters. The Morgan fingerprint density at radius 2 is 1.84 bits per heavy atom. The molecule has 2 saturated heterocycles. The average Bonchev–Trinajstić information content (AvgIpc) is 3.39. The Hall–Kier alpha value is -2.98. The number of aromatic nitrogens is 2. The molecule has 1 aromatic heterocycles. The fourth-order valence-corrected chi connectivity index (χ4v) is 7.66. The van der Waals surface area contributed by atoms with Crippen LogP contribution in [0.3, 0.4) is 0 Å². The van der Waals surface area contributed by atoms with E-state index in [2.05, 4.69) is 22.9 Å². The predicted molar refractivity (Wildman–Crippen MR) is 167 cm³/mol. The van der Waals surface area contributed by atoms with E-state index in [0.29, 0.717) is 44.9 Å². The summed E-state index contributed by atoms with van der Waals surface area (Å²) < 4.78 is 32.2. The Kier molecular flexibility index (Phi) is 8.76. The van der Waals surface area contributed by atoms with E-state index in [1.165, 1.54) is 12.0 Å². The number of nitrogens with zero attached hydrogens (tertiary/aromatic N) is 5. The number of hydrogen-bond acceptors (Lipinski definition) is 8. The summed E-state index contributed by atoms with van der Waals surface area (Å²) >= 11 is 0. The molecule has 1 aromatic carbocycles. The number of benzene rings is 1. The molecule has 2 aliphatic carbocycles. The Balaban J connectivity index is 1.28. The maximum absolute atomic E-state index is 14.6. The number of piperazine rings is 1. The topological polar surface area (TPSA) is 80.3 Å². The molecule has 0 radical (unpaired) electrons. The zero-order chi connectivity index (χ0) is 31.1.